The van der Waals surface area contributed by atoms with Gasteiger partial charge in [-0.25, -0.2) is 4.79 Å². The van der Waals surface area contributed by atoms with E-state index >= 15 is 0 Å². The van der Waals surface area contributed by atoms with Crippen LogP contribution in [0.2, 0.25) is 0 Å². The zero-order valence-electron chi connectivity index (χ0n) is 20.3. The molecule has 0 fully saturated rings. The van der Waals surface area contributed by atoms with Crippen LogP contribution < -0.4 is 10.1 Å². The van der Waals surface area contributed by atoms with Crippen LogP contribution in [-0.4, -0.2) is 36.5 Å². The zero-order valence-corrected chi connectivity index (χ0v) is 20.3. The summed E-state index contributed by atoms with van der Waals surface area (Å²) in [6.45, 7) is 2.47. The van der Waals surface area contributed by atoms with Crippen molar-refractivity contribution in [2.24, 2.45) is 0 Å². The molecule has 0 radical (unpaired) electrons. The van der Waals surface area contributed by atoms with Gasteiger partial charge < -0.3 is 19.3 Å². The standard InChI is InChI=1S/C29H24N2O6/c1-3-36-24-14-12-20(13-15-24)26(32)16-9-19-7-10-21(11-8-19)28(33)30-23-6-4-5-22(17-23)27-18-25(31-37-27)29(34)35-2/h4-18H,3H2,1-2H3,(H,30,33)/b16-9+. The number of nitrogens with zero attached hydrogens (tertiary/aromatic N) is 1. The predicted octanol–water partition coefficient (Wildman–Crippen LogP) is 5.68. The van der Waals surface area contributed by atoms with E-state index in [1.807, 2.05) is 6.92 Å². The highest BCUT2D eigenvalue weighted by atomic mass is 16.5. The first-order chi connectivity index (χ1) is 18.0. The maximum atomic E-state index is 12.7. The number of esters is 1. The lowest BCUT2D eigenvalue weighted by Crippen LogP contribution is -2.11. The van der Waals surface area contributed by atoms with Crippen molar-refractivity contribution in [3.8, 4) is 17.1 Å². The van der Waals surface area contributed by atoms with Crippen LogP contribution in [0.15, 0.2) is 89.5 Å². The number of hydrogen-bond acceptors (Lipinski definition) is 7. The molecule has 4 aromatic rings. The molecule has 1 amide bonds. The zero-order chi connectivity index (χ0) is 26.2. The molecule has 1 aromatic heterocycles. The minimum absolute atomic E-state index is 0.0576. The topological polar surface area (TPSA) is 108 Å². The summed E-state index contributed by atoms with van der Waals surface area (Å²) >= 11 is 0. The van der Waals surface area contributed by atoms with E-state index in [0.717, 1.165) is 5.56 Å². The van der Waals surface area contributed by atoms with Crippen LogP contribution in [-0.2, 0) is 4.74 Å². The second-order valence-corrected chi connectivity index (χ2v) is 7.88. The Morgan fingerprint density at radius 2 is 1.68 bits per heavy atom. The number of ether oxygens (including phenoxy) is 2. The summed E-state index contributed by atoms with van der Waals surface area (Å²) in [6.07, 6.45) is 3.19. The van der Waals surface area contributed by atoms with Crippen molar-refractivity contribution in [2.45, 2.75) is 6.92 Å². The Hall–Kier alpha value is -4.98. The molecular weight excluding hydrogens is 472 g/mol. The summed E-state index contributed by atoms with van der Waals surface area (Å²) in [5.74, 6) is 0.0566. The van der Waals surface area contributed by atoms with E-state index in [4.69, 9.17) is 9.26 Å². The van der Waals surface area contributed by atoms with Crippen molar-refractivity contribution in [1.29, 1.82) is 0 Å². The third-order valence-corrected chi connectivity index (χ3v) is 5.36. The smallest absolute Gasteiger partial charge is 0.360 e. The Bertz CT molecular complexity index is 1440. The molecule has 8 nitrogen and oxygen atoms in total. The normalized spacial score (nSPS) is 10.8. The van der Waals surface area contributed by atoms with Crippen molar-refractivity contribution in [1.82, 2.24) is 5.16 Å². The summed E-state index contributed by atoms with van der Waals surface area (Å²) in [5.41, 5.74) is 3.03. The SMILES string of the molecule is CCOc1ccc(C(=O)/C=C/c2ccc(C(=O)Nc3cccc(-c4cc(C(=O)OC)no4)c3)cc2)cc1. The fourth-order valence-electron chi connectivity index (χ4n) is 3.46. The van der Waals surface area contributed by atoms with E-state index in [1.54, 1.807) is 78.9 Å². The summed E-state index contributed by atoms with van der Waals surface area (Å²) in [5, 5.41) is 6.53. The monoisotopic (exact) mass is 496 g/mol. The molecule has 1 N–H and O–H groups in total. The number of ketones is 1. The molecule has 0 atom stereocenters. The van der Waals surface area contributed by atoms with Crippen LogP contribution >= 0.6 is 0 Å². The molecule has 0 aliphatic heterocycles. The predicted molar refractivity (Wildman–Crippen MR) is 139 cm³/mol. The fraction of sp³-hybridized carbons (Fsp3) is 0.103. The summed E-state index contributed by atoms with van der Waals surface area (Å²) in [4.78, 5) is 36.8. The van der Waals surface area contributed by atoms with E-state index in [9.17, 15) is 14.4 Å². The van der Waals surface area contributed by atoms with Gasteiger partial charge in [0.15, 0.2) is 17.2 Å². The van der Waals surface area contributed by atoms with Crippen molar-refractivity contribution >= 4 is 29.4 Å². The van der Waals surface area contributed by atoms with Gasteiger partial charge >= 0.3 is 5.97 Å². The molecule has 0 aliphatic rings. The molecule has 8 heteroatoms. The first-order valence-corrected chi connectivity index (χ1v) is 11.5. The lowest BCUT2D eigenvalue weighted by atomic mass is 10.1. The molecule has 3 aromatic carbocycles. The van der Waals surface area contributed by atoms with Gasteiger partial charge in [0.05, 0.1) is 13.7 Å². The average Bonchev–Trinajstić information content (AvgIpc) is 3.43. The Morgan fingerprint density at radius 3 is 2.38 bits per heavy atom. The van der Waals surface area contributed by atoms with Gasteiger partial charge in [-0.2, -0.15) is 0 Å². The fourth-order valence-corrected chi connectivity index (χ4v) is 3.46. The van der Waals surface area contributed by atoms with Crippen LogP contribution in [0, 0.1) is 0 Å². The lowest BCUT2D eigenvalue weighted by Gasteiger charge is -2.07. The minimum atomic E-state index is -0.599. The van der Waals surface area contributed by atoms with Crippen molar-refractivity contribution in [2.75, 3.05) is 19.0 Å². The van der Waals surface area contributed by atoms with E-state index in [2.05, 4.69) is 15.2 Å². The minimum Gasteiger partial charge on any atom is -0.494 e. The summed E-state index contributed by atoms with van der Waals surface area (Å²) in [6, 6.07) is 22.3. The lowest BCUT2D eigenvalue weighted by molar-refractivity contribution is 0.0589. The van der Waals surface area contributed by atoms with Gasteiger partial charge in [-0.3, -0.25) is 9.59 Å². The Balaban J connectivity index is 1.38. The van der Waals surface area contributed by atoms with Gasteiger partial charge in [0.25, 0.3) is 5.91 Å². The molecule has 186 valence electrons. The van der Waals surface area contributed by atoms with Gasteiger partial charge in [0.2, 0.25) is 0 Å². The molecule has 0 bridgehead atoms. The Morgan fingerprint density at radius 1 is 0.946 bits per heavy atom. The number of aromatic nitrogens is 1. The van der Waals surface area contributed by atoms with Crippen LogP contribution in [0.1, 0.15) is 43.7 Å². The number of hydrogen-bond donors (Lipinski definition) is 1. The number of amides is 1. The molecule has 0 saturated heterocycles. The number of rotatable bonds is 9. The van der Waals surface area contributed by atoms with Gasteiger partial charge in [-0.15, -0.1) is 0 Å². The average molecular weight is 497 g/mol. The summed E-state index contributed by atoms with van der Waals surface area (Å²) < 4.78 is 15.2. The van der Waals surface area contributed by atoms with Crippen LogP contribution in [0.3, 0.4) is 0 Å². The molecule has 1 heterocycles. The van der Waals surface area contributed by atoms with E-state index in [0.29, 0.717) is 40.5 Å². The largest absolute Gasteiger partial charge is 0.494 e. The van der Waals surface area contributed by atoms with E-state index in [1.165, 1.54) is 19.3 Å². The van der Waals surface area contributed by atoms with E-state index in [-0.39, 0.29) is 17.4 Å². The van der Waals surface area contributed by atoms with Crippen LogP contribution in [0.25, 0.3) is 17.4 Å². The first-order valence-electron chi connectivity index (χ1n) is 11.5. The highest BCUT2D eigenvalue weighted by Gasteiger charge is 2.14. The van der Waals surface area contributed by atoms with Gasteiger partial charge in [-0.05, 0) is 67.1 Å². The quantitative estimate of drug-likeness (QED) is 0.181. The molecule has 0 saturated carbocycles. The molecule has 0 spiro atoms. The highest BCUT2D eigenvalue weighted by Crippen LogP contribution is 2.24. The molecule has 0 aliphatic carbocycles. The second kappa shape index (κ2) is 11.6. The number of carbonyl (C=O) groups is 3. The van der Waals surface area contributed by atoms with E-state index < -0.39 is 5.97 Å². The Kier molecular flexibility index (Phi) is 7.90. The van der Waals surface area contributed by atoms with Crippen LogP contribution in [0.4, 0.5) is 5.69 Å². The molecular formula is C29H24N2O6. The third kappa shape index (κ3) is 6.37. The first kappa shape index (κ1) is 25.1. The molecule has 4 rings (SSSR count). The number of anilines is 1. The van der Waals surface area contributed by atoms with Gasteiger partial charge in [0, 0.05) is 28.4 Å². The maximum Gasteiger partial charge on any atom is 0.360 e. The number of benzene rings is 3. The van der Waals surface area contributed by atoms with Crippen LogP contribution in [0.5, 0.6) is 5.75 Å². The Labute approximate surface area is 213 Å². The van der Waals surface area contributed by atoms with Crippen molar-refractivity contribution in [3.05, 3.63) is 107 Å². The van der Waals surface area contributed by atoms with Crippen molar-refractivity contribution < 1.29 is 28.4 Å². The highest BCUT2D eigenvalue weighted by molar-refractivity contribution is 6.07. The number of nitrogens with one attached hydrogen (secondary N) is 1. The molecule has 0 unspecified atom stereocenters. The third-order valence-electron chi connectivity index (χ3n) is 5.36. The number of methoxy groups -OCH3 is 1. The van der Waals surface area contributed by atoms with Gasteiger partial charge in [0.1, 0.15) is 5.75 Å². The number of allylic oxidation sites excluding steroid dienone is 1. The maximum absolute atomic E-state index is 12.7. The summed E-state index contributed by atoms with van der Waals surface area (Å²) in [7, 11) is 1.26. The second-order valence-electron chi connectivity index (χ2n) is 7.88. The van der Waals surface area contributed by atoms with Gasteiger partial charge in [-0.1, -0.05) is 35.5 Å². The molecule has 37 heavy (non-hydrogen) atoms. The van der Waals surface area contributed by atoms with Crippen molar-refractivity contribution in [3.63, 3.8) is 0 Å². The number of carbonyl (C=O) groups excluding carboxylic acids is 3.